The first-order chi connectivity index (χ1) is 14.4. The standard InChI is InChI=1S/C22H21N3O5/c1-3-30-22(29)18-12-19(23-20(26)16-8-4-14(2)5-9-16)25(24-18)13-15-6-10-17(11-7-15)21(27)28/h4-12H,3,13H2,1-2H3,(H,23,26)(H,27,28). The fourth-order valence-electron chi connectivity index (χ4n) is 2.76. The van der Waals surface area contributed by atoms with Gasteiger partial charge < -0.3 is 15.2 Å². The Balaban J connectivity index is 1.88. The van der Waals surface area contributed by atoms with Crippen molar-refractivity contribution >= 4 is 23.7 Å². The monoisotopic (exact) mass is 407 g/mol. The Bertz CT molecular complexity index is 1070. The second-order valence-electron chi connectivity index (χ2n) is 6.62. The van der Waals surface area contributed by atoms with Gasteiger partial charge in [-0.15, -0.1) is 0 Å². The molecule has 0 spiro atoms. The van der Waals surface area contributed by atoms with Crippen LogP contribution in [-0.2, 0) is 11.3 Å². The first kappa shape index (κ1) is 20.8. The maximum atomic E-state index is 12.6. The predicted octanol–water partition coefficient (Wildman–Crippen LogP) is 3.37. The molecular formula is C22H21N3O5. The summed E-state index contributed by atoms with van der Waals surface area (Å²) in [7, 11) is 0. The van der Waals surface area contributed by atoms with E-state index in [0.29, 0.717) is 11.4 Å². The number of nitrogens with zero attached hydrogens (tertiary/aromatic N) is 2. The van der Waals surface area contributed by atoms with E-state index in [1.54, 1.807) is 31.2 Å². The fraction of sp³-hybridized carbons (Fsp3) is 0.182. The third kappa shape index (κ3) is 4.91. The number of aryl methyl sites for hydroxylation is 1. The molecule has 0 saturated carbocycles. The number of anilines is 1. The largest absolute Gasteiger partial charge is 0.478 e. The summed E-state index contributed by atoms with van der Waals surface area (Å²) >= 11 is 0. The molecule has 2 aromatic carbocycles. The molecule has 3 rings (SSSR count). The van der Waals surface area contributed by atoms with E-state index in [1.165, 1.54) is 22.9 Å². The van der Waals surface area contributed by atoms with Gasteiger partial charge in [-0.2, -0.15) is 5.10 Å². The predicted molar refractivity (Wildman–Crippen MR) is 110 cm³/mol. The van der Waals surface area contributed by atoms with Crippen molar-refractivity contribution in [2.24, 2.45) is 0 Å². The van der Waals surface area contributed by atoms with Crippen molar-refractivity contribution in [1.82, 2.24) is 9.78 Å². The smallest absolute Gasteiger partial charge is 0.358 e. The zero-order valence-corrected chi connectivity index (χ0v) is 16.6. The lowest BCUT2D eigenvalue weighted by molar-refractivity contribution is 0.0517. The Kier molecular flexibility index (Phi) is 6.26. The summed E-state index contributed by atoms with van der Waals surface area (Å²) in [6.45, 7) is 4.05. The van der Waals surface area contributed by atoms with Crippen LogP contribution in [0.25, 0.3) is 0 Å². The van der Waals surface area contributed by atoms with Crippen molar-refractivity contribution in [3.8, 4) is 0 Å². The Labute approximate surface area is 173 Å². The average molecular weight is 407 g/mol. The van der Waals surface area contributed by atoms with E-state index in [1.807, 2.05) is 19.1 Å². The number of ether oxygens (including phenoxy) is 1. The lowest BCUT2D eigenvalue weighted by Gasteiger charge is -2.09. The number of carboxylic acids is 1. The van der Waals surface area contributed by atoms with Crippen LogP contribution >= 0.6 is 0 Å². The first-order valence-electron chi connectivity index (χ1n) is 9.32. The quantitative estimate of drug-likeness (QED) is 0.581. The molecular weight excluding hydrogens is 386 g/mol. The molecule has 2 N–H and O–H groups in total. The molecule has 0 atom stereocenters. The fourth-order valence-corrected chi connectivity index (χ4v) is 2.76. The van der Waals surface area contributed by atoms with Crippen molar-refractivity contribution in [3.05, 3.63) is 82.5 Å². The Morgan fingerprint density at radius 2 is 1.67 bits per heavy atom. The van der Waals surface area contributed by atoms with Crippen LogP contribution in [0.5, 0.6) is 0 Å². The number of hydrogen-bond donors (Lipinski definition) is 2. The number of hydrogen-bond acceptors (Lipinski definition) is 5. The summed E-state index contributed by atoms with van der Waals surface area (Å²) in [5.41, 5.74) is 2.49. The molecule has 1 amide bonds. The van der Waals surface area contributed by atoms with Crippen LogP contribution in [0.4, 0.5) is 5.82 Å². The van der Waals surface area contributed by atoms with E-state index in [0.717, 1.165) is 11.1 Å². The van der Waals surface area contributed by atoms with Crippen molar-refractivity contribution in [2.45, 2.75) is 20.4 Å². The zero-order chi connectivity index (χ0) is 21.7. The molecule has 0 aliphatic carbocycles. The minimum absolute atomic E-state index is 0.0678. The number of carbonyl (C=O) groups excluding carboxylic acids is 2. The average Bonchev–Trinajstić information content (AvgIpc) is 3.11. The molecule has 0 radical (unpaired) electrons. The summed E-state index contributed by atoms with van der Waals surface area (Å²) in [5, 5.41) is 16.1. The van der Waals surface area contributed by atoms with Crippen molar-refractivity contribution in [1.29, 1.82) is 0 Å². The number of aromatic carboxylic acids is 1. The van der Waals surface area contributed by atoms with E-state index < -0.39 is 11.9 Å². The molecule has 1 heterocycles. The molecule has 0 unspecified atom stereocenters. The molecule has 154 valence electrons. The second-order valence-corrected chi connectivity index (χ2v) is 6.62. The number of rotatable bonds is 7. The molecule has 1 aromatic heterocycles. The molecule has 8 nitrogen and oxygen atoms in total. The SMILES string of the molecule is CCOC(=O)c1cc(NC(=O)c2ccc(C)cc2)n(Cc2ccc(C(=O)O)cc2)n1. The van der Waals surface area contributed by atoms with Gasteiger partial charge in [0.2, 0.25) is 0 Å². The highest BCUT2D eigenvalue weighted by Gasteiger charge is 2.18. The van der Waals surface area contributed by atoms with Crippen LogP contribution in [0, 0.1) is 6.92 Å². The van der Waals surface area contributed by atoms with Gasteiger partial charge in [0.25, 0.3) is 5.91 Å². The molecule has 0 fully saturated rings. The number of benzene rings is 2. The lowest BCUT2D eigenvalue weighted by atomic mass is 10.1. The second kappa shape index (κ2) is 9.04. The van der Waals surface area contributed by atoms with Crippen molar-refractivity contribution in [2.75, 3.05) is 11.9 Å². The number of esters is 1. The first-order valence-corrected chi connectivity index (χ1v) is 9.32. The van der Waals surface area contributed by atoms with Gasteiger partial charge in [0.15, 0.2) is 5.69 Å². The molecule has 0 aliphatic rings. The van der Waals surface area contributed by atoms with E-state index in [4.69, 9.17) is 9.84 Å². The Morgan fingerprint density at radius 1 is 1.03 bits per heavy atom. The third-order valence-corrected chi connectivity index (χ3v) is 4.35. The molecule has 0 aliphatic heterocycles. The van der Waals surface area contributed by atoms with Gasteiger partial charge in [-0.05, 0) is 43.7 Å². The van der Waals surface area contributed by atoms with Gasteiger partial charge in [-0.25, -0.2) is 14.3 Å². The molecule has 30 heavy (non-hydrogen) atoms. The summed E-state index contributed by atoms with van der Waals surface area (Å²) in [6.07, 6.45) is 0. The van der Waals surface area contributed by atoms with E-state index in [2.05, 4.69) is 10.4 Å². The minimum atomic E-state index is -1.02. The Morgan fingerprint density at radius 3 is 2.27 bits per heavy atom. The number of aromatic nitrogens is 2. The summed E-state index contributed by atoms with van der Waals surface area (Å²) in [4.78, 5) is 35.7. The highest BCUT2D eigenvalue weighted by Crippen LogP contribution is 2.17. The van der Waals surface area contributed by atoms with Crippen LogP contribution in [-0.4, -0.2) is 39.3 Å². The maximum absolute atomic E-state index is 12.6. The van der Waals surface area contributed by atoms with Gasteiger partial charge in [0, 0.05) is 11.6 Å². The van der Waals surface area contributed by atoms with Crippen LogP contribution in [0.15, 0.2) is 54.6 Å². The van der Waals surface area contributed by atoms with Crippen LogP contribution in [0.1, 0.15) is 49.3 Å². The maximum Gasteiger partial charge on any atom is 0.358 e. The molecule has 0 saturated heterocycles. The molecule has 0 bridgehead atoms. The molecule has 3 aromatic rings. The van der Waals surface area contributed by atoms with Gasteiger partial charge in [-0.1, -0.05) is 29.8 Å². The normalized spacial score (nSPS) is 10.5. The van der Waals surface area contributed by atoms with Gasteiger partial charge >= 0.3 is 11.9 Å². The van der Waals surface area contributed by atoms with E-state index in [-0.39, 0.29) is 30.3 Å². The van der Waals surface area contributed by atoms with Crippen LogP contribution in [0.2, 0.25) is 0 Å². The lowest BCUT2D eigenvalue weighted by Crippen LogP contribution is -2.16. The topological polar surface area (TPSA) is 111 Å². The zero-order valence-electron chi connectivity index (χ0n) is 16.6. The van der Waals surface area contributed by atoms with E-state index >= 15 is 0 Å². The van der Waals surface area contributed by atoms with Crippen molar-refractivity contribution < 1.29 is 24.2 Å². The number of carbonyl (C=O) groups is 3. The highest BCUT2D eigenvalue weighted by atomic mass is 16.5. The number of carboxylic acid groups (broad SMARTS) is 1. The summed E-state index contributed by atoms with van der Waals surface area (Å²) in [5.74, 6) is -1.63. The number of amides is 1. The highest BCUT2D eigenvalue weighted by molar-refractivity contribution is 6.04. The number of nitrogens with one attached hydrogen (secondary N) is 1. The van der Waals surface area contributed by atoms with Gasteiger partial charge in [-0.3, -0.25) is 4.79 Å². The van der Waals surface area contributed by atoms with Crippen LogP contribution in [0.3, 0.4) is 0 Å². The van der Waals surface area contributed by atoms with E-state index in [9.17, 15) is 14.4 Å². The van der Waals surface area contributed by atoms with Crippen molar-refractivity contribution in [3.63, 3.8) is 0 Å². The summed E-state index contributed by atoms with van der Waals surface area (Å²) in [6, 6.07) is 14.8. The minimum Gasteiger partial charge on any atom is -0.478 e. The van der Waals surface area contributed by atoms with Gasteiger partial charge in [0.05, 0.1) is 18.7 Å². The summed E-state index contributed by atoms with van der Waals surface area (Å²) < 4.78 is 6.46. The Hall–Kier alpha value is -3.94. The van der Waals surface area contributed by atoms with Crippen LogP contribution < -0.4 is 5.32 Å². The molecule has 8 heteroatoms. The third-order valence-electron chi connectivity index (χ3n) is 4.35. The van der Waals surface area contributed by atoms with Gasteiger partial charge in [0.1, 0.15) is 5.82 Å².